The number of para-hydroxylation sites is 1. The number of ether oxygens (including phenoxy) is 2. The number of hydrogen-bond acceptors (Lipinski definition) is 8. The van der Waals surface area contributed by atoms with E-state index in [0.29, 0.717) is 38.3 Å². The number of rotatable bonds is 7. The van der Waals surface area contributed by atoms with Crippen LogP contribution in [-0.4, -0.2) is 32.9 Å². The van der Waals surface area contributed by atoms with Crippen molar-refractivity contribution in [2.75, 3.05) is 7.11 Å². The van der Waals surface area contributed by atoms with E-state index in [1.54, 1.807) is 30.3 Å². The Morgan fingerprint density at radius 3 is 2.50 bits per heavy atom. The second-order valence-electron chi connectivity index (χ2n) is 7.92. The Kier molecular flexibility index (Phi) is 6.92. The van der Waals surface area contributed by atoms with Crippen molar-refractivity contribution in [1.82, 2.24) is 14.6 Å². The molecule has 5 rings (SSSR count). The molecule has 5 aromatic rings. The first-order valence-electron chi connectivity index (χ1n) is 11.2. The maximum Gasteiger partial charge on any atom is 0.287 e. The standard InChI is InChI=1S/C27H18BrN5O5/c1-37-23-13-18(21(28)14-24(23)38-25-12-11-19(16-29-25)33(35)36)15-30-32-26(17-7-3-2-4-8-17)31-22-10-6-5-9-20(22)27(32)34/h2-16H,1H3. The number of aromatic nitrogens is 3. The molecule has 0 spiro atoms. The van der Waals surface area contributed by atoms with E-state index in [1.807, 2.05) is 36.4 Å². The fourth-order valence-corrected chi connectivity index (χ4v) is 4.09. The lowest BCUT2D eigenvalue weighted by Gasteiger charge is -2.12. The quantitative estimate of drug-likeness (QED) is 0.137. The molecule has 0 aliphatic heterocycles. The smallest absolute Gasteiger partial charge is 0.287 e. The predicted octanol–water partition coefficient (Wildman–Crippen LogP) is 5.81. The third kappa shape index (κ3) is 5.00. The topological polar surface area (TPSA) is 122 Å². The highest BCUT2D eigenvalue weighted by Gasteiger charge is 2.15. The van der Waals surface area contributed by atoms with Gasteiger partial charge in [-0.25, -0.2) is 9.97 Å². The minimum Gasteiger partial charge on any atom is -0.493 e. The van der Waals surface area contributed by atoms with Crippen molar-refractivity contribution in [3.63, 3.8) is 0 Å². The first-order chi connectivity index (χ1) is 18.4. The zero-order valence-electron chi connectivity index (χ0n) is 19.8. The van der Waals surface area contributed by atoms with E-state index in [9.17, 15) is 14.9 Å². The number of nitrogens with zero attached hydrogens (tertiary/aromatic N) is 5. The molecule has 0 N–H and O–H groups in total. The fourth-order valence-electron chi connectivity index (χ4n) is 3.67. The van der Waals surface area contributed by atoms with Gasteiger partial charge in [-0.1, -0.05) is 42.5 Å². The SMILES string of the molecule is COc1cc(C=Nn2c(-c3ccccc3)nc3ccccc3c2=O)c(Br)cc1Oc1ccc([N+](=O)[O-])cn1. The van der Waals surface area contributed by atoms with Crippen LogP contribution in [0.5, 0.6) is 17.4 Å². The number of pyridine rings is 1. The van der Waals surface area contributed by atoms with Crippen molar-refractivity contribution >= 4 is 38.7 Å². The molecule has 0 aliphatic rings. The van der Waals surface area contributed by atoms with Gasteiger partial charge in [0.05, 0.1) is 29.2 Å². The van der Waals surface area contributed by atoms with Gasteiger partial charge in [-0.3, -0.25) is 14.9 Å². The van der Waals surface area contributed by atoms with Gasteiger partial charge in [0, 0.05) is 27.7 Å². The summed E-state index contributed by atoms with van der Waals surface area (Å²) < 4.78 is 13.1. The highest BCUT2D eigenvalue weighted by Crippen LogP contribution is 2.35. The van der Waals surface area contributed by atoms with Gasteiger partial charge in [-0.05, 0) is 40.2 Å². The van der Waals surface area contributed by atoms with E-state index >= 15 is 0 Å². The zero-order chi connectivity index (χ0) is 26.6. The first kappa shape index (κ1) is 24.8. The van der Waals surface area contributed by atoms with Gasteiger partial charge >= 0.3 is 0 Å². The number of methoxy groups -OCH3 is 1. The van der Waals surface area contributed by atoms with Crippen LogP contribution in [-0.2, 0) is 0 Å². The molecule has 3 aromatic carbocycles. The van der Waals surface area contributed by atoms with E-state index in [0.717, 1.165) is 11.8 Å². The van der Waals surface area contributed by atoms with Crippen LogP contribution in [0.4, 0.5) is 5.69 Å². The van der Waals surface area contributed by atoms with Gasteiger partial charge in [-0.15, -0.1) is 0 Å². The second-order valence-corrected chi connectivity index (χ2v) is 8.77. The molecular weight excluding hydrogens is 554 g/mol. The number of benzene rings is 3. The van der Waals surface area contributed by atoms with Crippen molar-refractivity contribution < 1.29 is 14.4 Å². The van der Waals surface area contributed by atoms with Gasteiger partial charge in [0.2, 0.25) is 5.88 Å². The Bertz CT molecular complexity index is 1740. The average Bonchev–Trinajstić information content (AvgIpc) is 2.94. The van der Waals surface area contributed by atoms with Crippen LogP contribution in [0.1, 0.15) is 5.56 Å². The Morgan fingerprint density at radius 2 is 1.79 bits per heavy atom. The van der Waals surface area contributed by atoms with Crippen molar-refractivity contribution in [3.05, 3.63) is 116 Å². The molecule has 0 amide bonds. The minimum atomic E-state index is -0.540. The van der Waals surface area contributed by atoms with Crippen LogP contribution in [0.25, 0.3) is 22.3 Å². The molecule has 0 radical (unpaired) electrons. The van der Waals surface area contributed by atoms with Crippen LogP contribution >= 0.6 is 15.9 Å². The Balaban J connectivity index is 1.54. The molecule has 10 nitrogen and oxygen atoms in total. The van der Waals surface area contributed by atoms with E-state index in [2.05, 4.69) is 26.0 Å². The zero-order valence-corrected chi connectivity index (χ0v) is 21.4. The van der Waals surface area contributed by atoms with Crippen LogP contribution in [0.15, 0.2) is 99.4 Å². The normalized spacial score (nSPS) is 11.1. The third-order valence-corrected chi connectivity index (χ3v) is 6.21. The monoisotopic (exact) mass is 571 g/mol. The summed E-state index contributed by atoms with van der Waals surface area (Å²) in [6, 6.07) is 22.5. The molecule has 0 fully saturated rings. The maximum absolute atomic E-state index is 13.4. The second kappa shape index (κ2) is 10.6. The van der Waals surface area contributed by atoms with Gasteiger partial charge < -0.3 is 9.47 Å². The largest absolute Gasteiger partial charge is 0.493 e. The van der Waals surface area contributed by atoms with Gasteiger partial charge in [0.15, 0.2) is 17.3 Å². The summed E-state index contributed by atoms with van der Waals surface area (Å²) in [5.74, 6) is 1.25. The summed E-state index contributed by atoms with van der Waals surface area (Å²) in [6.07, 6.45) is 2.63. The fraction of sp³-hybridized carbons (Fsp3) is 0.0370. The molecule has 2 aromatic heterocycles. The van der Waals surface area contributed by atoms with E-state index in [-0.39, 0.29) is 17.1 Å². The molecule has 2 heterocycles. The highest BCUT2D eigenvalue weighted by molar-refractivity contribution is 9.10. The molecule has 0 bridgehead atoms. The van der Waals surface area contributed by atoms with E-state index in [1.165, 1.54) is 30.1 Å². The number of fused-ring (bicyclic) bond motifs is 1. The minimum absolute atomic E-state index is 0.148. The molecule has 11 heteroatoms. The summed E-state index contributed by atoms with van der Waals surface area (Å²) in [6.45, 7) is 0. The lowest BCUT2D eigenvalue weighted by atomic mass is 10.2. The molecule has 0 aliphatic carbocycles. The molecule has 38 heavy (non-hydrogen) atoms. The summed E-state index contributed by atoms with van der Waals surface area (Å²) in [5.41, 5.74) is 1.46. The number of hydrogen-bond donors (Lipinski definition) is 0. The summed E-state index contributed by atoms with van der Waals surface area (Å²) in [4.78, 5) is 32.4. The molecule has 0 atom stereocenters. The Morgan fingerprint density at radius 1 is 1.03 bits per heavy atom. The van der Waals surface area contributed by atoms with Crippen molar-refractivity contribution in [2.24, 2.45) is 5.10 Å². The maximum atomic E-state index is 13.4. The Labute approximate surface area is 224 Å². The van der Waals surface area contributed by atoms with E-state index < -0.39 is 4.92 Å². The van der Waals surface area contributed by atoms with E-state index in [4.69, 9.17) is 14.5 Å². The number of halogens is 1. The summed E-state index contributed by atoms with van der Waals surface area (Å²) >= 11 is 3.51. The van der Waals surface area contributed by atoms with Gasteiger partial charge in [-0.2, -0.15) is 9.78 Å². The molecule has 0 saturated carbocycles. The number of nitro groups is 1. The van der Waals surface area contributed by atoms with Crippen LogP contribution in [0.2, 0.25) is 0 Å². The van der Waals surface area contributed by atoms with Gasteiger partial charge in [0.25, 0.3) is 11.2 Å². The molecule has 188 valence electrons. The molecule has 0 saturated heterocycles. The van der Waals surface area contributed by atoms with Crippen LogP contribution in [0, 0.1) is 10.1 Å². The molecule has 0 unspecified atom stereocenters. The molecular formula is C27H18BrN5O5. The van der Waals surface area contributed by atoms with Crippen molar-refractivity contribution in [2.45, 2.75) is 0 Å². The summed E-state index contributed by atoms with van der Waals surface area (Å²) in [5, 5.41) is 15.8. The average molecular weight is 572 g/mol. The first-order valence-corrected chi connectivity index (χ1v) is 12.0. The lowest BCUT2D eigenvalue weighted by Crippen LogP contribution is -2.20. The third-order valence-electron chi connectivity index (χ3n) is 5.53. The van der Waals surface area contributed by atoms with Crippen molar-refractivity contribution in [3.8, 4) is 28.8 Å². The Hall–Kier alpha value is -4.90. The van der Waals surface area contributed by atoms with Crippen LogP contribution in [0.3, 0.4) is 0 Å². The van der Waals surface area contributed by atoms with Crippen LogP contribution < -0.4 is 15.0 Å². The van der Waals surface area contributed by atoms with Gasteiger partial charge in [0.1, 0.15) is 6.20 Å². The lowest BCUT2D eigenvalue weighted by molar-refractivity contribution is -0.385. The highest BCUT2D eigenvalue weighted by atomic mass is 79.9. The van der Waals surface area contributed by atoms with Crippen molar-refractivity contribution in [1.29, 1.82) is 0 Å². The predicted molar refractivity (Wildman–Crippen MR) is 146 cm³/mol. The summed E-state index contributed by atoms with van der Waals surface area (Å²) in [7, 11) is 1.48.